The summed E-state index contributed by atoms with van der Waals surface area (Å²) < 4.78 is 29.2. The highest BCUT2D eigenvalue weighted by Crippen LogP contribution is 2.49. The average molecular weight is 768 g/mol. The van der Waals surface area contributed by atoms with Crippen LogP contribution in [0.15, 0.2) is 59.8 Å². The smallest absolute Gasteiger partial charge is 0.412 e. The lowest BCUT2D eigenvalue weighted by Gasteiger charge is -2.42. The SMILES string of the molecule is CNc1cc(NC(=O)O[C@H]2CC(=O)N(C)c3cc(cc(OC)c3Cl)C/C(C)=C/C=C/[C@@H](OC)[C@@]3(O)C[C@H](OC(=O)N3)[C@@H](C)[C@@H]3O[C@@]23C)ccc1/C=C(\C)N. The van der Waals surface area contributed by atoms with E-state index in [1.807, 2.05) is 26.0 Å². The van der Waals surface area contributed by atoms with Gasteiger partial charge in [-0.25, -0.2) is 9.59 Å². The first-order chi connectivity index (χ1) is 25.5. The summed E-state index contributed by atoms with van der Waals surface area (Å²) in [7, 11) is 6.28. The van der Waals surface area contributed by atoms with Gasteiger partial charge in [-0.05, 0) is 68.7 Å². The number of allylic oxidation sites excluding steroid dienone is 4. The summed E-state index contributed by atoms with van der Waals surface area (Å²) in [6.07, 6.45) is 2.04. The molecule has 15 heteroatoms. The van der Waals surface area contributed by atoms with Crippen LogP contribution in [0.2, 0.25) is 5.02 Å². The number of hydrogen-bond acceptors (Lipinski definition) is 11. The molecule has 7 atom stereocenters. The van der Waals surface area contributed by atoms with Crippen molar-refractivity contribution in [1.29, 1.82) is 0 Å². The summed E-state index contributed by atoms with van der Waals surface area (Å²) in [4.78, 5) is 42.0. The number of carbonyl (C=O) groups excluding carboxylic acids is 3. The van der Waals surface area contributed by atoms with Crippen LogP contribution in [0.25, 0.3) is 6.08 Å². The van der Waals surface area contributed by atoms with Crippen molar-refractivity contribution < 1.29 is 43.2 Å². The van der Waals surface area contributed by atoms with Crippen molar-refractivity contribution in [2.45, 2.75) is 82.7 Å². The molecule has 0 spiro atoms. The Morgan fingerprint density at radius 2 is 1.96 bits per heavy atom. The first-order valence-corrected chi connectivity index (χ1v) is 18.0. The maximum Gasteiger partial charge on any atom is 0.412 e. The first-order valence-electron chi connectivity index (χ1n) is 17.6. The van der Waals surface area contributed by atoms with E-state index in [4.69, 9.17) is 41.0 Å². The number of benzene rings is 2. The molecule has 0 radical (unpaired) electrons. The molecular weight excluding hydrogens is 718 g/mol. The zero-order valence-corrected chi connectivity index (χ0v) is 32.6. The Morgan fingerprint density at radius 3 is 2.63 bits per heavy atom. The molecular formula is C39H50ClN5O9. The van der Waals surface area contributed by atoms with Crippen LogP contribution in [-0.2, 0) is 30.2 Å². The highest BCUT2D eigenvalue weighted by molar-refractivity contribution is 6.35. The fourth-order valence-corrected chi connectivity index (χ4v) is 7.42. The van der Waals surface area contributed by atoms with Gasteiger partial charge in [-0.1, -0.05) is 48.4 Å². The number of alkyl carbamates (subject to hydrolysis) is 1. The van der Waals surface area contributed by atoms with Crippen molar-refractivity contribution in [3.8, 4) is 5.75 Å². The van der Waals surface area contributed by atoms with Crippen molar-refractivity contribution in [2.75, 3.05) is 43.8 Å². The molecule has 5 rings (SSSR count). The van der Waals surface area contributed by atoms with Crippen molar-refractivity contribution in [2.24, 2.45) is 11.7 Å². The quantitative estimate of drug-likeness (QED) is 0.226. The van der Waals surface area contributed by atoms with Crippen molar-refractivity contribution in [1.82, 2.24) is 5.32 Å². The number of nitrogens with one attached hydrogen (secondary N) is 3. The molecule has 3 aliphatic heterocycles. The lowest BCUT2D eigenvalue weighted by Crippen LogP contribution is -2.63. The number of methoxy groups -OCH3 is 2. The molecule has 2 fully saturated rings. The Kier molecular flexibility index (Phi) is 12.2. The Bertz CT molecular complexity index is 1860. The second-order valence-corrected chi connectivity index (χ2v) is 14.6. The third-order valence-electron chi connectivity index (χ3n) is 10.2. The number of epoxide rings is 1. The lowest BCUT2D eigenvalue weighted by molar-refractivity contribution is -0.142. The molecule has 2 aromatic carbocycles. The van der Waals surface area contributed by atoms with Crippen LogP contribution in [0.1, 0.15) is 51.7 Å². The molecule has 3 amide bonds. The van der Waals surface area contributed by atoms with Gasteiger partial charge in [-0.3, -0.25) is 15.4 Å². The van der Waals surface area contributed by atoms with Gasteiger partial charge in [0.15, 0.2) is 5.72 Å². The van der Waals surface area contributed by atoms with Gasteiger partial charge in [0.2, 0.25) is 5.91 Å². The van der Waals surface area contributed by atoms with Gasteiger partial charge in [0.05, 0.1) is 25.3 Å². The summed E-state index contributed by atoms with van der Waals surface area (Å²) in [6, 6.07) is 8.84. The number of fused-ring (bicyclic) bond motifs is 5. The van der Waals surface area contributed by atoms with E-state index in [1.54, 1.807) is 70.4 Å². The molecule has 0 aromatic heterocycles. The zero-order valence-electron chi connectivity index (χ0n) is 31.8. The number of nitrogens with two attached hydrogens (primary N) is 1. The second-order valence-electron chi connectivity index (χ2n) is 14.3. The molecule has 0 unspecified atom stereocenters. The van der Waals surface area contributed by atoms with Gasteiger partial charge in [-0.2, -0.15) is 0 Å². The van der Waals surface area contributed by atoms with E-state index in [1.165, 1.54) is 19.1 Å². The summed E-state index contributed by atoms with van der Waals surface area (Å²) >= 11 is 6.77. The summed E-state index contributed by atoms with van der Waals surface area (Å²) in [5.41, 5.74) is 7.61. The van der Waals surface area contributed by atoms with E-state index in [2.05, 4.69) is 16.0 Å². The van der Waals surface area contributed by atoms with Crippen molar-refractivity contribution >= 4 is 52.8 Å². The van der Waals surface area contributed by atoms with E-state index < -0.39 is 59.8 Å². The summed E-state index contributed by atoms with van der Waals surface area (Å²) in [6.45, 7) is 7.25. The van der Waals surface area contributed by atoms with Gasteiger partial charge in [0.25, 0.3) is 0 Å². The second kappa shape index (κ2) is 16.3. The summed E-state index contributed by atoms with van der Waals surface area (Å²) in [5, 5.41) is 20.4. The molecule has 14 nitrogen and oxygen atoms in total. The average Bonchev–Trinajstić information content (AvgIpc) is 3.81. The normalized spacial score (nSPS) is 30.5. The molecule has 3 heterocycles. The predicted octanol–water partition coefficient (Wildman–Crippen LogP) is 5.73. The van der Waals surface area contributed by atoms with Crippen LogP contribution in [0.4, 0.5) is 26.7 Å². The van der Waals surface area contributed by atoms with Crippen molar-refractivity contribution in [3.05, 3.63) is 76.0 Å². The number of hydrogen-bond donors (Lipinski definition) is 5. The first kappa shape index (κ1) is 40.4. The third-order valence-corrected chi connectivity index (χ3v) is 10.5. The van der Waals surface area contributed by atoms with E-state index in [0.29, 0.717) is 29.2 Å². The molecule has 4 bridgehead atoms. The van der Waals surface area contributed by atoms with E-state index in [-0.39, 0.29) is 17.9 Å². The Labute approximate surface area is 320 Å². The molecule has 6 N–H and O–H groups in total. The fraction of sp³-hybridized carbons (Fsp3) is 0.462. The number of halogens is 1. The van der Waals surface area contributed by atoms with Gasteiger partial charge < -0.3 is 44.7 Å². The summed E-state index contributed by atoms with van der Waals surface area (Å²) in [5.74, 6) is -0.549. The van der Waals surface area contributed by atoms with Crippen LogP contribution in [0.3, 0.4) is 0 Å². The fourth-order valence-electron chi connectivity index (χ4n) is 7.10. The van der Waals surface area contributed by atoms with Crippen LogP contribution < -0.4 is 31.3 Å². The molecule has 2 saturated heterocycles. The Morgan fingerprint density at radius 1 is 1.22 bits per heavy atom. The van der Waals surface area contributed by atoms with E-state index >= 15 is 0 Å². The van der Waals surface area contributed by atoms with Gasteiger partial charge >= 0.3 is 12.2 Å². The van der Waals surface area contributed by atoms with E-state index in [0.717, 1.165) is 22.4 Å². The highest BCUT2D eigenvalue weighted by atomic mass is 35.5. The maximum atomic E-state index is 14.1. The number of carbonyl (C=O) groups is 3. The monoisotopic (exact) mass is 767 g/mol. The minimum atomic E-state index is -1.82. The topological polar surface area (TPSA) is 186 Å². The molecule has 2 aromatic rings. The van der Waals surface area contributed by atoms with Gasteiger partial charge in [0.1, 0.15) is 34.7 Å². The lowest BCUT2D eigenvalue weighted by atomic mass is 9.83. The number of anilines is 3. The predicted molar refractivity (Wildman–Crippen MR) is 207 cm³/mol. The van der Waals surface area contributed by atoms with Crippen molar-refractivity contribution in [3.63, 3.8) is 0 Å². The highest BCUT2D eigenvalue weighted by Gasteiger charge is 2.64. The number of aliphatic hydroxyl groups is 1. The Balaban J connectivity index is 1.52. The Hall–Kier alpha value is -4.76. The number of nitrogens with zero attached hydrogens (tertiary/aromatic N) is 1. The molecule has 0 aliphatic carbocycles. The van der Waals surface area contributed by atoms with Crippen LogP contribution in [0.5, 0.6) is 5.75 Å². The number of amides is 3. The van der Waals surface area contributed by atoms with Gasteiger partial charge in [0, 0.05) is 50.6 Å². The molecule has 3 aliphatic rings. The minimum Gasteiger partial charge on any atom is -0.495 e. The largest absolute Gasteiger partial charge is 0.495 e. The molecule has 292 valence electrons. The van der Waals surface area contributed by atoms with Gasteiger partial charge in [-0.15, -0.1) is 0 Å². The standard InChI is InChI=1S/C39H50ClN5O9/c1-21-10-9-11-31(51-8)39(49)20-30(52-37(48)44-39)23(3)35-38(4,54-35)32(19-33(46)45(6)28-16-24(14-21)17-29(50-7)34(28)40)53-36(47)43-26-13-12-25(15-22(2)41)27(18-26)42-5/h9-13,15-18,23,30-32,35,42,49H,14,19-20,41H2,1-8H3,(H,43,47)(H,44,48)/b11-9+,21-10+,22-15+/t23-,30+,31-,32+,35+,38+,39+/m1/s1. The van der Waals surface area contributed by atoms with E-state index in [9.17, 15) is 19.5 Å². The van der Waals surface area contributed by atoms with Crippen LogP contribution >= 0.6 is 11.6 Å². The zero-order chi connectivity index (χ0) is 39.5. The minimum absolute atomic E-state index is 0.0398. The van der Waals surface area contributed by atoms with Crippen LogP contribution in [-0.4, -0.2) is 87.3 Å². The molecule has 54 heavy (non-hydrogen) atoms. The number of rotatable bonds is 6. The van der Waals surface area contributed by atoms with Crippen LogP contribution in [0, 0.1) is 5.92 Å². The third kappa shape index (κ3) is 8.78. The maximum absolute atomic E-state index is 14.1. The molecule has 0 saturated carbocycles. The number of ether oxygens (including phenoxy) is 5.